The van der Waals surface area contributed by atoms with Gasteiger partial charge in [0.15, 0.2) is 5.17 Å². The highest BCUT2D eigenvalue weighted by atomic mass is 32.2. The van der Waals surface area contributed by atoms with E-state index in [4.69, 9.17) is 9.84 Å². The number of fused-ring (bicyclic) bond motifs is 1. The molecule has 0 bridgehead atoms. The van der Waals surface area contributed by atoms with Crippen molar-refractivity contribution in [3.8, 4) is 16.9 Å². The number of carbonyl (C=O) groups excluding carboxylic acids is 2. The Hall–Kier alpha value is -4.25. The maximum absolute atomic E-state index is 13.2. The van der Waals surface area contributed by atoms with E-state index in [1.54, 1.807) is 41.8 Å². The molecule has 2 aromatic carbocycles. The number of nitrogens with zero attached hydrogens (tertiary/aromatic N) is 5. The number of para-hydroxylation sites is 1. The smallest absolute Gasteiger partial charge is 0.338 e. The van der Waals surface area contributed by atoms with Crippen LogP contribution in [0, 0.1) is 10.1 Å². The summed E-state index contributed by atoms with van der Waals surface area (Å²) in [5.41, 5.74) is 3.14. The molecule has 0 unspecified atom stereocenters. The summed E-state index contributed by atoms with van der Waals surface area (Å²) in [5, 5.41) is 16.6. The molecule has 10 nitrogen and oxygen atoms in total. The third kappa shape index (κ3) is 4.53. The van der Waals surface area contributed by atoms with Gasteiger partial charge in [-0.3, -0.25) is 19.8 Å². The summed E-state index contributed by atoms with van der Waals surface area (Å²) in [4.78, 5) is 43.4. The van der Waals surface area contributed by atoms with Crippen LogP contribution >= 0.6 is 11.8 Å². The molecular formula is C26H23N5O5S. The first-order valence-corrected chi connectivity index (χ1v) is 12.7. The molecule has 5 rings (SSSR count). The number of hydrogen-bond acceptors (Lipinski definition) is 8. The first-order chi connectivity index (χ1) is 17.9. The van der Waals surface area contributed by atoms with Gasteiger partial charge < -0.3 is 4.74 Å². The highest BCUT2D eigenvalue weighted by Gasteiger charge is 2.43. The lowest BCUT2D eigenvalue weighted by molar-refractivity contribution is -0.384. The third-order valence-electron chi connectivity index (χ3n) is 6.11. The Bertz CT molecular complexity index is 1450. The van der Waals surface area contributed by atoms with Gasteiger partial charge in [-0.15, -0.1) is 0 Å². The number of thioether (sulfide) groups is 1. The summed E-state index contributed by atoms with van der Waals surface area (Å²) in [6.45, 7) is 3.62. The Labute approximate surface area is 216 Å². The first kappa shape index (κ1) is 24.4. The van der Waals surface area contributed by atoms with E-state index in [1.165, 1.54) is 23.9 Å². The molecule has 1 aromatic heterocycles. The minimum atomic E-state index is -0.825. The van der Waals surface area contributed by atoms with E-state index in [2.05, 4.69) is 4.99 Å². The molecule has 0 saturated carbocycles. The van der Waals surface area contributed by atoms with Crippen molar-refractivity contribution >= 4 is 34.5 Å². The van der Waals surface area contributed by atoms with Gasteiger partial charge in [-0.05, 0) is 38.1 Å². The van der Waals surface area contributed by atoms with E-state index in [9.17, 15) is 19.7 Å². The predicted octanol–water partition coefficient (Wildman–Crippen LogP) is 4.66. The molecule has 11 heteroatoms. The zero-order chi connectivity index (χ0) is 26.1. The normalized spacial score (nSPS) is 17.4. The maximum atomic E-state index is 13.2. The fraction of sp³-hybridized carbons (Fsp3) is 0.231. The highest BCUT2D eigenvalue weighted by molar-refractivity contribution is 8.14. The Morgan fingerprint density at radius 1 is 1.19 bits per heavy atom. The van der Waals surface area contributed by atoms with Gasteiger partial charge in [0.2, 0.25) is 5.91 Å². The molecule has 1 atom stereocenters. The molecule has 0 aliphatic carbocycles. The molecule has 1 amide bonds. The van der Waals surface area contributed by atoms with Crippen LogP contribution in [-0.4, -0.2) is 49.0 Å². The number of amides is 1. The van der Waals surface area contributed by atoms with Gasteiger partial charge in [0.1, 0.15) is 6.04 Å². The number of rotatable bonds is 6. The molecule has 188 valence electrons. The molecule has 3 heterocycles. The summed E-state index contributed by atoms with van der Waals surface area (Å²) >= 11 is 1.46. The first-order valence-electron chi connectivity index (χ1n) is 11.7. The summed E-state index contributed by atoms with van der Waals surface area (Å²) < 4.78 is 7.06. The van der Waals surface area contributed by atoms with Crippen molar-refractivity contribution in [2.45, 2.75) is 26.3 Å². The van der Waals surface area contributed by atoms with Crippen molar-refractivity contribution in [1.29, 1.82) is 0 Å². The molecule has 1 saturated heterocycles. The van der Waals surface area contributed by atoms with Crippen molar-refractivity contribution in [1.82, 2.24) is 14.7 Å². The summed E-state index contributed by atoms with van der Waals surface area (Å²) in [5.74, 6) is -0.112. The lowest BCUT2D eigenvalue weighted by Gasteiger charge is -2.38. The predicted molar refractivity (Wildman–Crippen MR) is 139 cm³/mol. The lowest BCUT2D eigenvalue weighted by atomic mass is 9.92. The van der Waals surface area contributed by atoms with Crippen LogP contribution in [0.2, 0.25) is 0 Å². The number of allylic oxidation sites excluding steroid dienone is 1. The number of hydrogen-bond donors (Lipinski definition) is 0. The number of benzene rings is 2. The summed E-state index contributed by atoms with van der Waals surface area (Å²) in [7, 11) is 0. The molecule has 0 spiro atoms. The molecular weight excluding hydrogens is 494 g/mol. The van der Waals surface area contributed by atoms with Crippen LogP contribution in [0.5, 0.6) is 0 Å². The van der Waals surface area contributed by atoms with Crippen LogP contribution in [-0.2, 0) is 14.3 Å². The number of non-ortho nitro benzene ring substituents is 1. The number of esters is 1. The molecule has 1 fully saturated rings. The average Bonchev–Trinajstić information content (AvgIpc) is 3.34. The van der Waals surface area contributed by atoms with E-state index in [0.717, 1.165) is 5.69 Å². The molecule has 37 heavy (non-hydrogen) atoms. The van der Waals surface area contributed by atoms with Crippen LogP contribution in [0.1, 0.15) is 31.9 Å². The zero-order valence-corrected chi connectivity index (χ0v) is 21.0. The van der Waals surface area contributed by atoms with Crippen LogP contribution in [0.25, 0.3) is 16.9 Å². The number of nitro benzene ring substituents is 1. The van der Waals surface area contributed by atoms with Crippen molar-refractivity contribution in [2.24, 2.45) is 4.99 Å². The fourth-order valence-corrected chi connectivity index (χ4v) is 5.43. The number of amidine groups is 1. The van der Waals surface area contributed by atoms with Crippen LogP contribution in [0.4, 0.5) is 5.69 Å². The lowest BCUT2D eigenvalue weighted by Crippen LogP contribution is -2.45. The van der Waals surface area contributed by atoms with Crippen LogP contribution in [0.15, 0.2) is 77.1 Å². The summed E-state index contributed by atoms with van der Waals surface area (Å²) in [6, 6.07) is 14.7. The second kappa shape index (κ2) is 10.0. The molecule has 3 aromatic rings. The number of nitro groups is 1. The minimum absolute atomic E-state index is 0.0505. The SMILES string of the molecule is CCOC(=O)C1=C(C)N=C2SCCC(=O)N2[C@H]1c1cn(-c2ccccc2)nc1-c1ccc([N+](=O)[O-])cc1. The molecule has 0 N–H and O–H groups in total. The van der Waals surface area contributed by atoms with Crippen molar-refractivity contribution in [3.05, 3.63) is 87.7 Å². The van der Waals surface area contributed by atoms with Crippen molar-refractivity contribution < 1.29 is 19.2 Å². The Morgan fingerprint density at radius 2 is 1.92 bits per heavy atom. The largest absolute Gasteiger partial charge is 0.463 e. The molecule has 2 aliphatic heterocycles. The van der Waals surface area contributed by atoms with Gasteiger partial charge >= 0.3 is 5.97 Å². The summed E-state index contributed by atoms with van der Waals surface area (Å²) in [6.07, 6.45) is 2.09. The van der Waals surface area contributed by atoms with E-state index in [-0.39, 0.29) is 23.8 Å². The van der Waals surface area contributed by atoms with E-state index in [1.807, 2.05) is 30.3 Å². The monoisotopic (exact) mass is 517 g/mol. The van der Waals surface area contributed by atoms with E-state index in [0.29, 0.717) is 39.9 Å². The maximum Gasteiger partial charge on any atom is 0.338 e. The van der Waals surface area contributed by atoms with Crippen molar-refractivity contribution in [3.63, 3.8) is 0 Å². The topological polar surface area (TPSA) is 120 Å². The van der Waals surface area contributed by atoms with Crippen LogP contribution in [0.3, 0.4) is 0 Å². The zero-order valence-electron chi connectivity index (χ0n) is 20.2. The van der Waals surface area contributed by atoms with Crippen molar-refractivity contribution in [2.75, 3.05) is 12.4 Å². The third-order valence-corrected chi connectivity index (χ3v) is 7.07. The number of ether oxygens (including phenoxy) is 1. The number of carbonyl (C=O) groups is 2. The van der Waals surface area contributed by atoms with Gasteiger partial charge in [-0.1, -0.05) is 30.0 Å². The Morgan fingerprint density at radius 3 is 2.59 bits per heavy atom. The van der Waals surface area contributed by atoms with Gasteiger partial charge in [0.05, 0.1) is 34.2 Å². The second-order valence-electron chi connectivity index (χ2n) is 8.40. The quantitative estimate of drug-likeness (QED) is 0.265. The Kier molecular flexibility index (Phi) is 6.62. The van der Waals surface area contributed by atoms with Gasteiger partial charge in [0, 0.05) is 41.6 Å². The highest BCUT2D eigenvalue weighted by Crippen LogP contribution is 2.43. The fourth-order valence-electron chi connectivity index (χ4n) is 4.43. The minimum Gasteiger partial charge on any atom is -0.463 e. The number of aromatic nitrogens is 2. The van der Waals surface area contributed by atoms with Gasteiger partial charge in [-0.25, -0.2) is 14.5 Å². The van der Waals surface area contributed by atoms with Gasteiger partial charge in [-0.2, -0.15) is 5.10 Å². The standard InChI is InChI=1S/C26H23N5O5S/c1-3-36-25(33)22-16(2)27-26-30(21(32)13-14-37-26)24(22)20-15-29(18-7-5-4-6-8-18)28-23(20)17-9-11-19(12-10-17)31(34)35/h4-12,15,24H,3,13-14H2,1-2H3/t24-/m0/s1. The Balaban J connectivity index is 1.74. The van der Waals surface area contributed by atoms with Gasteiger partial charge in [0.25, 0.3) is 5.69 Å². The molecule has 0 radical (unpaired) electrons. The average molecular weight is 518 g/mol. The van der Waals surface area contributed by atoms with E-state index < -0.39 is 16.9 Å². The second-order valence-corrected chi connectivity index (χ2v) is 9.46. The van der Waals surface area contributed by atoms with Crippen LogP contribution < -0.4 is 0 Å². The number of aliphatic imine (C=N–C) groups is 1. The van der Waals surface area contributed by atoms with E-state index >= 15 is 0 Å². The molecule has 2 aliphatic rings.